The summed E-state index contributed by atoms with van der Waals surface area (Å²) in [4.78, 5) is 18.3. The Morgan fingerprint density at radius 1 is 1.11 bits per heavy atom. The first-order valence-electron chi connectivity index (χ1n) is 8.03. The van der Waals surface area contributed by atoms with Crippen LogP contribution in [0.15, 0.2) is 59.1 Å². The van der Waals surface area contributed by atoms with Crippen molar-refractivity contribution in [1.82, 2.24) is 15.0 Å². The van der Waals surface area contributed by atoms with Crippen LogP contribution in [0.3, 0.4) is 0 Å². The van der Waals surface area contributed by atoms with Gasteiger partial charge in [0.1, 0.15) is 0 Å². The summed E-state index contributed by atoms with van der Waals surface area (Å²) in [5.74, 6) is 0.531. The van der Waals surface area contributed by atoms with Gasteiger partial charge in [0.05, 0.1) is 12.8 Å². The lowest BCUT2D eigenvalue weighted by molar-refractivity contribution is 0.0769. The smallest absolute Gasteiger partial charge is 0.254 e. The fraction of sp³-hybridized carbons (Fsp3) is 0.167. The van der Waals surface area contributed by atoms with Crippen LogP contribution in [-0.4, -0.2) is 42.7 Å². The summed E-state index contributed by atoms with van der Waals surface area (Å²) in [5.41, 5.74) is 1.64. The van der Waals surface area contributed by atoms with Crippen LogP contribution in [-0.2, 0) is 16.6 Å². The first kappa shape index (κ1) is 18.6. The molecule has 3 aromatic rings. The Kier molecular flexibility index (Phi) is 5.22. The Morgan fingerprint density at radius 2 is 1.78 bits per heavy atom. The Labute approximate surface area is 156 Å². The molecular formula is C18H18N4O4S. The van der Waals surface area contributed by atoms with Crippen LogP contribution < -0.4 is 4.72 Å². The summed E-state index contributed by atoms with van der Waals surface area (Å²) in [6, 6.07) is 15.6. The molecular weight excluding hydrogens is 368 g/mol. The van der Waals surface area contributed by atoms with Crippen LogP contribution in [0.25, 0.3) is 11.4 Å². The van der Waals surface area contributed by atoms with Gasteiger partial charge in [-0.2, -0.15) is 4.98 Å². The number of hydrogen-bond acceptors (Lipinski definition) is 6. The number of carbonyl (C=O) groups is 1. The maximum Gasteiger partial charge on any atom is 0.254 e. The van der Waals surface area contributed by atoms with Crippen LogP contribution in [0, 0.1) is 0 Å². The topological polar surface area (TPSA) is 105 Å². The average Bonchev–Trinajstić information content (AvgIpc) is 3.09. The standard InChI is InChI=1S/C18H18N4O4S/c1-22(12-16-19-17(20-26-16)13-6-4-3-5-7-13)18(23)14-8-10-15(11-9-14)21-27(2,24)25/h3-11,21H,12H2,1-2H3. The molecule has 0 aliphatic heterocycles. The lowest BCUT2D eigenvalue weighted by Gasteiger charge is -2.15. The van der Waals surface area contributed by atoms with E-state index in [0.717, 1.165) is 11.8 Å². The molecule has 1 aromatic heterocycles. The van der Waals surface area contributed by atoms with Crippen molar-refractivity contribution in [3.63, 3.8) is 0 Å². The minimum Gasteiger partial charge on any atom is -0.337 e. The fourth-order valence-corrected chi connectivity index (χ4v) is 2.98. The van der Waals surface area contributed by atoms with Crippen LogP contribution >= 0.6 is 0 Å². The van der Waals surface area contributed by atoms with Crippen molar-refractivity contribution in [2.75, 3.05) is 18.0 Å². The number of nitrogens with zero attached hydrogens (tertiary/aromatic N) is 3. The van der Waals surface area contributed by atoms with E-state index in [9.17, 15) is 13.2 Å². The number of nitrogens with one attached hydrogen (secondary N) is 1. The Bertz CT molecular complexity index is 1030. The third-order valence-electron chi connectivity index (χ3n) is 3.65. The largest absolute Gasteiger partial charge is 0.337 e. The van der Waals surface area contributed by atoms with Crippen molar-refractivity contribution in [3.8, 4) is 11.4 Å². The van der Waals surface area contributed by atoms with Gasteiger partial charge in [0.2, 0.25) is 21.7 Å². The van der Waals surface area contributed by atoms with E-state index in [-0.39, 0.29) is 12.5 Å². The first-order valence-corrected chi connectivity index (χ1v) is 9.92. The molecule has 140 valence electrons. The van der Waals surface area contributed by atoms with Crippen molar-refractivity contribution in [2.45, 2.75) is 6.54 Å². The van der Waals surface area contributed by atoms with Crippen LogP contribution in [0.5, 0.6) is 0 Å². The molecule has 0 aliphatic rings. The van der Waals surface area contributed by atoms with Crippen molar-refractivity contribution in [3.05, 3.63) is 66.1 Å². The minimum atomic E-state index is -3.36. The van der Waals surface area contributed by atoms with E-state index in [1.807, 2.05) is 30.3 Å². The van der Waals surface area contributed by atoms with Crippen LogP contribution in [0.1, 0.15) is 16.2 Å². The zero-order chi connectivity index (χ0) is 19.4. The van der Waals surface area contributed by atoms with E-state index in [0.29, 0.717) is 23.0 Å². The summed E-state index contributed by atoms with van der Waals surface area (Å²) < 4.78 is 30.0. The molecule has 2 aromatic carbocycles. The third-order valence-corrected chi connectivity index (χ3v) is 4.26. The van der Waals surface area contributed by atoms with Gasteiger partial charge in [0, 0.05) is 23.9 Å². The SMILES string of the molecule is CN(Cc1nc(-c2ccccc2)no1)C(=O)c1ccc(NS(C)(=O)=O)cc1. The molecule has 8 nitrogen and oxygen atoms in total. The van der Waals surface area contributed by atoms with Crippen molar-refractivity contribution >= 4 is 21.6 Å². The van der Waals surface area contributed by atoms with Gasteiger partial charge in [0.15, 0.2) is 0 Å². The van der Waals surface area contributed by atoms with E-state index in [4.69, 9.17) is 4.52 Å². The summed E-state index contributed by atoms with van der Waals surface area (Å²) in [5, 5.41) is 3.93. The molecule has 0 unspecified atom stereocenters. The normalized spacial score (nSPS) is 11.2. The quantitative estimate of drug-likeness (QED) is 0.697. The summed E-state index contributed by atoms with van der Waals surface area (Å²) in [6.07, 6.45) is 1.06. The van der Waals surface area contributed by atoms with E-state index >= 15 is 0 Å². The van der Waals surface area contributed by atoms with Gasteiger partial charge < -0.3 is 9.42 Å². The first-order chi connectivity index (χ1) is 12.8. The van der Waals surface area contributed by atoms with Gasteiger partial charge in [-0.3, -0.25) is 9.52 Å². The molecule has 9 heteroatoms. The molecule has 0 atom stereocenters. The molecule has 1 N–H and O–H groups in total. The van der Waals surface area contributed by atoms with Crippen LogP contribution in [0.2, 0.25) is 0 Å². The molecule has 3 rings (SSSR count). The van der Waals surface area contributed by atoms with Gasteiger partial charge in [0.25, 0.3) is 5.91 Å². The molecule has 0 saturated heterocycles. The average molecular weight is 386 g/mol. The predicted octanol–water partition coefficient (Wildman–Crippen LogP) is 2.38. The molecule has 0 fully saturated rings. The number of aromatic nitrogens is 2. The number of amides is 1. The maximum atomic E-state index is 12.5. The van der Waals surface area contributed by atoms with E-state index < -0.39 is 10.0 Å². The zero-order valence-corrected chi connectivity index (χ0v) is 15.6. The molecule has 0 bridgehead atoms. The van der Waals surface area contributed by atoms with Gasteiger partial charge in [-0.15, -0.1) is 0 Å². The second-order valence-corrected chi connectivity index (χ2v) is 7.74. The highest BCUT2D eigenvalue weighted by molar-refractivity contribution is 7.92. The zero-order valence-electron chi connectivity index (χ0n) is 14.8. The molecule has 1 amide bonds. The van der Waals surface area contributed by atoms with E-state index in [2.05, 4.69) is 14.9 Å². The highest BCUT2D eigenvalue weighted by atomic mass is 32.2. The van der Waals surface area contributed by atoms with E-state index in [1.54, 1.807) is 19.2 Å². The number of carbonyl (C=O) groups excluding carboxylic acids is 1. The van der Waals surface area contributed by atoms with Crippen molar-refractivity contribution < 1.29 is 17.7 Å². The number of anilines is 1. The Balaban J connectivity index is 1.66. The lowest BCUT2D eigenvalue weighted by atomic mass is 10.2. The highest BCUT2D eigenvalue weighted by Crippen LogP contribution is 2.17. The number of rotatable bonds is 6. The number of sulfonamides is 1. The van der Waals surface area contributed by atoms with Crippen molar-refractivity contribution in [1.29, 1.82) is 0 Å². The Hall–Kier alpha value is -3.20. The summed E-state index contributed by atoms with van der Waals surface area (Å²) >= 11 is 0. The number of hydrogen-bond donors (Lipinski definition) is 1. The van der Waals surface area contributed by atoms with Gasteiger partial charge in [-0.1, -0.05) is 35.5 Å². The molecule has 27 heavy (non-hydrogen) atoms. The second kappa shape index (κ2) is 7.58. The third kappa shape index (κ3) is 4.91. The second-order valence-electron chi connectivity index (χ2n) is 5.99. The maximum absolute atomic E-state index is 12.5. The van der Waals surface area contributed by atoms with Crippen LogP contribution in [0.4, 0.5) is 5.69 Å². The monoisotopic (exact) mass is 386 g/mol. The van der Waals surface area contributed by atoms with Gasteiger partial charge in [-0.25, -0.2) is 8.42 Å². The molecule has 0 radical (unpaired) electrons. The molecule has 0 aliphatic carbocycles. The molecule has 1 heterocycles. The fourth-order valence-electron chi connectivity index (χ4n) is 2.41. The molecule has 0 spiro atoms. The predicted molar refractivity (Wildman–Crippen MR) is 100 cm³/mol. The number of benzene rings is 2. The Morgan fingerprint density at radius 3 is 2.41 bits per heavy atom. The lowest BCUT2D eigenvalue weighted by Crippen LogP contribution is -2.26. The summed E-state index contributed by atoms with van der Waals surface area (Å²) in [6.45, 7) is 0.155. The highest BCUT2D eigenvalue weighted by Gasteiger charge is 2.16. The molecule has 0 saturated carbocycles. The van der Waals surface area contributed by atoms with E-state index in [1.165, 1.54) is 17.0 Å². The van der Waals surface area contributed by atoms with Gasteiger partial charge >= 0.3 is 0 Å². The van der Waals surface area contributed by atoms with Crippen molar-refractivity contribution in [2.24, 2.45) is 0 Å². The summed E-state index contributed by atoms with van der Waals surface area (Å²) in [7, 11) is -1.74. The minimum absolute atomic E-state index is 0.155. The van der Waals surface area contributed by atoms with Gasteiger partial charge in [-0.05, 0) is 24.3 Å².